The maximum Gasteiger partial charge on any atom is 0.416 e. The number of hydrogen-bond donors (Lipinski definition) is 2. The summed E-state index contributed by atoms with van der Waals surface area (Å²) in [4.78, 5) is 16.1. The number of thiazole rings is 1. The number of halogens is 3. The standard InChI is InChI=1S/C20H18F3N3OS/c1-12(2)18(27)24-15-7-9-16(10-8-15)25-19-26-17(11-28-19)13-3-5-14(6-4-13)20(21,22)23/h3-12H,1-2H3,(H,24,27)(H,25,26). The number of rotatable bonds is 5. The van der Waals surface area contributed by atoms with Gasteiger partial charge in [0.05, 0.1) is 11.3 Å². The molecule has 0 unspecified atom stereocenters. The lowest BCUT2D eigenvalue weighted by molar-refractivity contribution is -0.137. The van der Waals surface area contributed by atoms with E-state index < -0.39 is 11.7 Å². The SMILES string of the molecule is CC(C)C(=O)Nc1ccc(Nc2nc(-c3ccc(C(F)(F)F)cc3)cs2)cc1. The maximum atomic E-state index is 12.7. The molecule has 3 aromatic rings. The Bertz CT molecular complexity index is 948. The van der Waals surface area contributed by atoms with Crippen LogP contribution in [0, 0.1) is 5.92 Å². The Labute approximate surface area is 164 Å². The number of nitrogens with zero attached hydrogens (tertiary/aromatic N) is 1. The fourth-order valence-corrected chi connectivity index (χ4v) is 3.08. The summed E-state index contributed by atoms with van der Waals surface area (Å²) < 4.78 is 38.0. The van der Waals surface area contributed by atoms with E-state index in [0.717, 1.165) is 17.8 Å². The quantitative estimate of drug-likeness (QED) is 0.534. The monoisotopic (exact) mass is 405 g/mol. The lowest BCUT2D eigenvalue weighted by Crippen LogP contribution is -2.17. The van der Waals surface area contributed by atoms with Gasteiger partial charge in [-0.1, -0.05) is 26.0 Å². The second-order valence-electron chi connectivity index (χ2n) is 6.46. The summed E-state index contributed by atoms with van der Waals surface area (Å²) in [5, 5.41) is 8.36. The van der Waals surface area contributed by atoms with Gasteiger partial charge in [0.15, 0.2) is 5.13 Å². The fourth-order valence-electron chi connectivity index (χ4n) is 2.34. The van der Waals surface area contributed by atoms with Gasteiger partial charge in [0, 0.05) is 28.2 Å². The van der Waals surface area contributed by atoms with Crippen LogP contribution in [-0.4, -0.2) is 10.9 Å². The highest BCUT2D eigenvalue weighted by atomic mass is 32.1. The molecular formula is C20H18F3N3OS. The number of carbonyl (C=O) groups is 1. The summed E-state index contributed by atoms with van der Waals surface area (Å²) in [6.45, 7) is 3.64. The molecule has 2 N–H and O–H groups in total. The molecule has 0 aliphatic carbocycles. The van der Waals surface area contributed by atoms with Gasteiger partial charge in [-0.2, -0.15) is 13.2 Å². The molecule has 0 saturated heterocycles. The number of hydrogen-bond acceptors (Lipinski definition) is 4. The number of carbonyl (C=O) groups excluding carboxylic acids is 1. The predicted octanol–water partition coefficient (Wildman–Crippen LogP) is 6.17. The van der Waals surface area contributed by atoms with Gasteiger partial charge in [0.25, 0.3) is 0 Å². The highest BCUT2D eigenvalue weighted by Crippen LogP contribution is 2.32. The Morgan fingerprint density at radius 2 is 1.61 bits per heavy atom. The average Bonchev–Trinajstić information content (AvgIpc) is 3.11. The van der Waals surface area contributed by atoms with Crippen LogP contribution in [0.4, 0.5) is 29.7 Å². The summed E-state index contributed by atoms with van der Waals surface area (Å²) in [6, 6.07) is 12.1. The molecule has 0 aliphatic rings. The first-order valence-electron chi connectivity index (χ1n) is 8.53. The first-order chi connectivity index (χ1) is 13.2. The van der Waals surface area contributed by atoms with Crippen molar-refractivity contribution in [3.63, 3.8) is 0 Å². The van der Waals surface area contributed by atoms with E-state index in [1.807, 2.05) is 26.0 Å². The largest absolute Gasteiger partial charge is 0.416 e. The normalized spacial score (nSPS) is 11.5. The summed E-state index contributed by atoms with van der Waals surface area (Å²) >= 11 is 1.35. The van der Waals surface area contributed by atoms with Gasteiger partial charge in [-0.3, -0.25) is 4.79 Å². The van der Waals surface area contributed by atoms with E-state index in [9.17, 15) is 18.0 Å². The van der Waals surface area contributed by atoms with E-state index in [-0.39, 0.29) is 11.8 Å². The highest BCUT2D eigenvalue weighted by molar-refractivity contribution is 7.14. The Kier molecular flexibility index (Phi) is 5.69. The third-order valence-electron chi connectivity index (χ3n) is 3.94. The zero-order valence-corrected chi connectivity index (χ0v) is 16.0. The van der Waals surface area contributed by atoms with Crippen LogP contribution in [0.25, 0.3) is 11.3 Å². The number of nitrogens with one attached hydrogen (secondary N) is 2. The molecule has 0 spiro atoms. The minimum atomic E-state index is -4.35. The Balaban J connectivity index is 1.67. The molecule has 8 heteroatoms. The van der Waals surface area contributed by atoms with E-state index in [1.54, 1.807) is 17.5 Å². The molecule has 0 radical (unpaired) electrons. The van der Waals surface area contributed by atoms with Gasteiger partial charge in [0.1, 0.15) is 0 Å². The summed E-state index contributed by atoms with van der Waals surface area (Å²) in [7, 11) is 0. The van der Waals surface area contributed by atoms with Gasteiger partial charge in [0.2, 0.25) is 5.91 Å². The molecule has 1 amide bonds. The van der Waals surface area contributed by atoms with Crippen LogP contribution in [0.3, 0.4) is 0 Å². The van der Waals surface area contributed by atoms with E-state index in [2.05, 4.69) is 15.6 Å². The van der Waals surface area contributed by atoms with Crippen LogP contribution in [0.1, 0.15) is 19.4 Å². The smallest absolute Gasteiger partial charge is 0.332 e. The summed E-state index contributed by atoms with van der Waals surface area (Å²) in [5.41, 5.74) is 2.02. The van der Waals surface area contributed by atoms with Crippen LogP contribution in [0.2, 0.25) is 0 Å². The van der Waals surface area contributed by atoms with Crippen molar-refractivity contribution in [1.29, 1.82) is 0 Å². The second-order valence-corrected chi connectivity index (χ2v) is 7.32. The van der Waals surface area contributed by atoms with Crippen LogP contribution >= 0.6 is 11.3 Å². The van der Waals surface area contributed by atoms with Gasteiger partial charge in [-0.15, -0.1) is 11.3 Å². The predicted molar refractivity (Wildman–Crippen MR) is 106 cm³/mol. The number of alkyl halides is 3. The van der Waals surface area contributed by atoms with E-state index in [1.165, 1.54) is 23.5 Å². The number of anilines is 3. The minimum absolute atomic E-state index is 0.0539. The minimum Gasteiger partial charge on any atom is -0.332 e. The number of benzene rings is 2. The topological polar surface area (TPSA) is 54.0 Å². The molecular weight excluding hydrogens is 387 g/mol. The Morgan fingerprint density at radius 1 is 1.00 bits per heavy atom. The second kappa shape index (κ2) is 8.02. The molecule has 0 atom stereocenters. The van der Waals surface area contributed by atoms with Crippen LogP contribution in [0.15, 0.2) is 53.9 Å². The van der Waals surface area contributed by atoms with Crippen molar-refractivity contribution in [2.24, 2.45) is 5.92 Å². The van der Waals surface area contributed by atoms with Gasteiger partial charge in [-0.25, -0.2) is 4.98 Å². The highest BCUT2D eigenvalue weighted by Gasteiger charge is 2.30. The molecule has 28 heavy (non-hydrogen) atoms. The van der Waals surface area contributed by atoms with Crippen molar-refractivity contribution in [3.05, 3.63) is 59.5 Å². The van der Waals surface area contributed by atoms with Crippen molar-refractivity contribution in [1.82, 2.24) is 4.98 Å². The zero-order valence-electron chi connectivity index (χ0n) is 15.2. The van der Waals surface area contributed by atoms with Crippen molar-refractivity contribution in [2.75, 3.05) is 10.6 Å². The van der Waals surface area contributed by atoms with Gasteiger partial charge in [-0.05, 0) is 36.4 Å². The summed E-state index contributed by atoms with van der Waals surface area (Å²) in [6.07, 6.45) is -4.35. The van der Waals surface area contributed by atoms with E-state index >= 15 is 0 Å². The van der Waals surface area contributed by atoms with Crippen LogP contribution in [0.5, 0.6) is 0 Å². The molecule has 0 saturated carbocycles. The molecule has 0 aliphatic heterocycles. The van der Waals surface area contributed by atoms with E-state index in [4.69, 9.17) is 0 Å². The Hall–Kier alpha value is -2.87. The summed E-state index contributed by atoms with van der Waals surface area (Å²) in [5.74, 6) is -0.154. The van der Waals surface area contributed by atoms with E-state index in [0.29, 0.717) is 22.1 Å². The van der Waals surface area contributed by atoms with Crippen molar-refractivity contribution in [3.8, 4) is 11.3 Å². The molecule has 0 fully saturated rings. The van der Waals surface area contributed by atoms with Crippen LogP contribution in [-0.2, 0) is 11.0 Å². The zero-order chi connectivity index (χ0) is 20.3. The maximum absolute atomic E-state index is 12.7. The molecule has 3 rings (SSSR count). The van der Waals surface area contributed by atoms with Crippen LogP contribution < -0.4 is 10.6 Å². The third-order valence-corrected chi connectivity index (χ3v) is 4.70. The molecule has 4 nitrogen and oxygen atoms in total. The van der Waals surface area contributed by atoms with Gasteiger partial charge < -0.3 is 10.6 Å². The molecule has 146 valence electrons. The molecule has 1 heterocycles. The first-order valence-corrected chi connectivity index (χ1v) is 9.41. The molecule has 0 bridgehead atoms. The molecule has 1 aromatic heterocycles. The lowest BCUT2D eigenvalue weighted by atomic mass is 10.1. The molecule has 2 aromatic carbocycles. The average molecular weight is 405 g/mol. The first kappa shape index (κ1) is 19.9. The van der Waals surface area contributed by atoms with Gasteiger partial charge >= 0.3 is 6.18 Å². The Morgan fingerprint density at radius 3 is 2.18 bits per heavy atom. The fraction of sp³-hybridized carbons (Fsp3) is 0.200. The number of aromatic nitrogens is 1. The number of amides is 1. The van der Waals surface area contributed by atoms with Crippen molar-refractivity contribution in [2.45, 2.75) is 20.0 Å². The lowest BCUT2D eigenvalue weighted by Gasteiger charge is -2.09. The van der Waals surface area contributed by atoms with Crippen molar-refractivity contribution >= 4 is 33.8 Å². The third kappa shape index (κ3) is 4.89. The van der Waals surface area contributed by atoms with Crippen molar-refractivity contribution < 1.29 is 18.0 Å².